The summed E-state index contributed by atoms with van der Waals surface area (Å²) >= 11 is 0. The first kappa shape index (κ1) is 17.4. The lowest BCUT2D eigenvalue weighted by atomic mass is 9.82. The number of aliphatic carboxylic acids is 1. The van der Waals surface area contributed by atoms with Crippen molar-refractivity contribution in [2.45, 2.75) is 18.9 Å². The molecule has 134 valence electrons. The average Bonchev–Trinajstić information content (AvgIpc) is 3.14. The lowest BCUT2D eigenvalue weighted by molar-refractivity contribution is -0.142. The molecule has 0 radical (unpaired) electrons. The fourth-order valence-corrected chi connectivity index (χ4v) is 2.61. The van der Waals surface area contributed by atoms with Gasteiger partial charge in [-0.05, 0) is 28.9 Å². The summed E-state index contributed by atoms with van der Waals surface area (Å²) in [6, 6.07) is 13.7. The third-order valence-corrected chi connectivity index (χ3v) is 4.29. The number of rotatable bonds is 6. The van der Waals surface area contributed by atoms with Gasteiger partial charge < -0.3 is 15.7 Å². The van der Waals surface area contributed by atoms with Gasteiger partial charge >= 0.3 is 12.0 Å². The van der Waals surface area contributed by atoms with E-state index in [0.29, 0.717) is 16.6 Å². The largest absolute Gasteiger partial charge is 0.481 e. The molecule has 0 aliphatic heterocycles. The third-order valence-electron chi connectivity index (χ3n) is 4.29. The number of aromatic nitrogens is 2. The summed E-state index contributed by atoms with van der Waals surface area (Å²) < 4.78 is 4.69. The molecule has 0 saturated heterocycles. The summed E-state index contributed by atoms with van der Waals surface area (Å²) in [6.45, 7) is 1.74. The zero-order chi connectivity index (χ0) is 18.6. The van der Waals surface area contributed by atoms with Crippen LogP contribution in [0.3, 0.4) is 0 Å². The number of hydrogen-bond acceptors (Lipinski definition) is 5. The van der Waals surface area contributed by atoms with Gasteiger partial charge in [0, 0.05) is 18.7 Å². The molecule has 8 heteroatoms. The van der Waals surface area contributed by atoms with E-state index in [2.05, 4.69) is 25.6 Å². The van der Waals surface area contributed by atoms with Crippen LogP contribution >= 0.6 is 0 Å². The van der Waals surface area contributed by atoms with Crippen molar-refractivity contribution < 1.29 is 19.3 Å². The average molecular weight is 354 g/mol. The Hall–Kier alpha value is -3.42. The van der Waals surface area contributed by atoms with Crippen molar-refractivity contribution >= 4 is 23.0 Å². The highest BCUT2D eigenvalue weighted by Crippen LogP contribution is 2.23. The number of nitrogens with zero attached hydrogens (tertiary/aromatic N) is 2. The van der Waals surface area contributed by atoms with Gasteiger partial charge in [0.25, 0.3) is 0 Å². The third kappa shape index (κ3) is 3.49. The lowest BCUT2D eigenvalue weighted by Gasteiger charge is -2.25. The molecule has 1 unspecified atom stereocenters. The van der Waals surface area contributed by atoms with Crippen molar-refractivity contribution in [1.82, 2.24) is 20.9 Å². The van der Waals surface area contributed by atoms with Gasteiger partial charge in [0.15, 0.2) is 0 Å². The minimum atomic E-state index is -1.23. The Morgan fingerprint density at radius 3 is 2.58 bits per heavy atom. The van der Waals surface area contributed by atoms with Crippen LogP contribution in [0.15, 0.2) is 53.2 Å². The predicted octanol–water partition coefficient (Wildman–Crippen LogP) is 2.06. The molecule has 2 aromatic carbocycles. The van der Waals surface area contributed by atoms with Gasteiger partial charge in [-0.25, -0.2) is 9.42 Å². The van der Waals surface area contributed by atoms with Crippen LogP contribution in [0.1, 0.15) is 18.1 Å². The van der Waals surface area contributed by atoms with Crippen LogP contribution in [-0.2, 0) is 16.8 Å². The van der Waals surface area contributed by atoms with E-state index in [1.54, 1.807) is 49.4 Å². The van der Waals surface area contributed by atoms with Crippen LogP contribution in [-0.4, -0.2) is 34.0 Å². The minimum Gasteiger partial charge on any atom is -0.481 e. The van der Waals surface area contributed by atoms with Gasteiger partial charge in [-0.1, -0.05) is 42.5 Å². The number of hydrogen-bond donors (Lipinski definition) is 3. The molecule has 3 aromatic rings. The van der Waals surface area contributed by atoms with Crippen LogP contribution < -0.4 is 10.6 Å². The highest BCUT2D eigenvalue weighted by atomic mass is 16.6. The Morgan fingerprint density at radius 2 is 1.85 bits per heavy atom. The molecule has 3 rings (SSSR count). The number of fused-ring (bicyclic) bond motifs is 1. The molecule has 26 heavy (non-hydrogen) atoms. The summed E-state index contributed by atoms with van der Waals surface area (Å²) in [5, 5.41) is 22.5. The van der Waals surface area contributed by atoms with Crippen molar-refractivity contribution in [3.05, 3.63) is 59.7 Å². The zero-order valence-corrected chi connectivity index (χ0v) is 14.1. The highest BCUT2D eigenvalue weighted by Gasteiger charge is 2.35. The van der Waals surface area contributed by atoms with Crippen molar-refractivity contribution in [1.29, 1.82) is 0 Å². The number of carbonyl (C=O) groups is 2. The number of carboxylic acid groups (broad SMARTS) is 1. The van der Waals surface area contributed by atoms with Crippen LogP contribution in [0.2, 0.25) is 0 Å². The SMILES string of the molecule is CC(CNC(=O)NCc1cccc2nonc12)(C(=O)O)c1ccccc1. The maximum atomic E-state index is 12.1. The predicted molar refractivity (Wildman–Crippen MR) is 93.5 cm³/mol. The Bertz CT molecular complexity index is 925. The Balaban J connectivity index is 1.62. The number of carboxylic acids is 1. The minimum absolute atomic E-state index is 0.0477. The normalized spacial score (nSPS) is 13.1. The number of urea groups is 1. The van der Waals surface area contributed by atoms with E-state index in [1.807, 2.05) is 6.07 Å². The molecule has 0 bridgehead atoms. The van der Waals surface area contributed by atoms with E-state index in [4.69, 9.17) is 0 Å². The summed E-state index contributed by atoms with van der Waals surface area (Å²) in [5.74, 6) is -1.01. The molecule has 0 fully saturated rings. The molecule has 0 spiro atoms. The quantitative estimate of drug-likeness (QED) is 0.624. The highest BCUT2D eigenvalue weighted by molar-refractivity contribution is 5.83. The van der Waals surface area contributed by atoms with Gasteiger partial charge in [-0.3, -0.25) is 4.79 Å². The van der Waals surface area contributed by atoms with E-state index in [1.165, 1.54) is 0 Å². The fourth-order valence-electron chi connectivity index (χ4n) is 2.61. The van der Waals surface area contributed by atoms with Crippen molar-refractivity contribution in [2.24, 2.45) is 0 Å². The van der Waals surface area contributed by atoms with E-state index in [9.17, 15) is 14.7 Å². The van der Waals surface area contributed by atoms with E-state index in [-0.39, 0.29) is 13.1 Å². The number of amides is 2. The number of benzene rings is 2. The molecule has 1 atom stereocenters. The summed E-state index contributed by atoms with van der Waals surface area (Å²) in [7, 11) is 0. The van der Waals surface area contributed by atoms with E-state index >= 15 is 0 Å². The second-order valence-electron chi connectivity index (χ2n) is 6.09. The zero-order valence-electron chi connectivity index (χ0n) is 14.1. The molecule has 8 nitrogen and oxygen atoms in total. The monoisotopic (exact) mass is 354 g/mol. The van der Waals surface area contributed by atoms with Crippen LogP contribution in [0.5, 0.6) is 0 Å². The van der Waals surface area contributed by atoms with E-state index in [0.717, 1.165) is 5.56 Å². The second kappa shape index (κ2) is 7.22. The van der Waals surface area contributed by atoms with Crippen molar-refractivity contribution in [3.8, 4) is 0 Å². The maximum Gasteiger partial charge on any atom is 0.315 e. The summed E-state index contributed by atoms with van der Waals surface area (Å²) in [5.41, 5.74) is 1.32. The summed E-state index contributed by atoms with van der Waals surface area (Å²) in [4.78, 5) is 23.8. The Kier molecular flexibility index (Phi) is 4.83. The van der Waals surface area contributed by atoms with Crippen molar-refractivity contribution in [3.63, 3.8) is 0 Å². The molecule has 0 aliphatic carbocycles. The molecule has 1 aromatic heterocycles. The van der Waals surface area contributed by atoms with Gasteiger partial charge in [-0.15, -0.1) is 0 Å². The molecule has 2 amide bonds. The molecule has 0 aliphatic rings. The fraction of sp³-hybridized carbons (Fsp3) is 0.222. The second-order valence-corrected chi connectivity index (χ2v) is 6.09. The van der Waals surface area contributed by atoms with Gasteiger partial charge in [0.05, 0.1) is 0 Å². The first-order chi connectivity index (χ1) is 12.5. The van der Waals surface area contributed by atoms with Crippen LogP contribution in [0, 0.1) is 0 Å². The first-order valence-corrected chi connectivity index (χ1v) is 8.01. The van der Waals surface area contributed by atoms with Gasteiger partial charge in [-0.2, -0.15) is 0 Å². The first-order valence-electron chi connectivity index (χ1n) is 8.01. The topological polar surface area (TPSA) is 117 Å². The lowest BCUT2D eigenvalue weighted by Crippen LogP contribution is -2.47. The summed E-state index contributed by atoms with van der Waals surface area (Å²) in [6.07, 6.45) is 0. The Morgan fingerprint density at radius 1 is 1.08 bits per heavy atom. The van der Waals surface area contributed by atoms with Gasteiger partial charge in [0.1, 0.15) is 16.4 Å². The molecular formula is C18H18N4O4. The maximum absolute atomic E-state index is 12.1. The Labute approximate surface area is 149 Å². The molecule has 3 N–H and O–H groups in total. The van der Waals surface area contributed by atoms with Crippen LogP contribution in [0.4, 0.5) is 4.79 Å². The van der Waals surface area contributed by atoms with Crippen LogP contribution in [0.25, 0.3) is 11.0 Å². The number of carbonyl (C=O) groups excluding carboxylic acids is 1. The van der Waals surface area contributed by atoms with E-state index < -0.39 is 17.4 Å². The molecule has 1 heterocycles. The van der Waals surface area contributed by atoms with Crippen molar-refractivity contribution in [2.75, 3.05) is 6.54 Å². The number of nitrogens with one attached hydrogen (secondary N) is 2. The standard InChI is InChI=1S/C18H18N4O4/c1-18(16(23)24,13-7-3-2-4-8-13)11-20-17(25)19-10-12-6-5-9-14-15(12)22-26-21-14/h2-9H,10-11H2,1H3,(H,23,24)(H2,19,20,25). The molecular weight excluding hydrogens is 336 g/mol. The van der Waals surface area contributed by atoms with Gasteiger partial charge in [0.2, 0.25) is 0 Å². The smallest absolute Gasteiger partial charge is 0.315 e. The molecule has 0 saturated carbocycles.